The average molecular weight is 280 g/mol. The van der Waals surface area contributed by atoms with Gasteiger partial charge in [0, 0.05) is 12.7 Å². The van der Waals surface area contributed by atoms with Gasteiger partial charge in [0.15, 0.2) is 0 Å². The number of hydrogen-bond acceptors (Lipinski definition) is 4. The molecule has 2 atom stereocenters. The fraction of sp³-hybridized carbons (Fsp3) is 0.562. The van der Waals surface area contributed by atoms with Crippen LogP contribution in [0.1, 0.15) is 38.3 Å². The van der Waals surface area contributed by atoms with Crippen molar-refractivity contribution in [1.82, 2.24) is 0 Å². The standard InChI is InChI=1S/C16H24O4/c1-6-12(3)15(18)20-10-16(4,19-5)13-8-7-11(2)9-14(13)17/h7-9,12,17H,6,10H2,1-5H3/t12-,16+/m1/s1. The molecule has 0 aromatic heterocycles. The van der Waals surface area contributed by atoms with Crippen molar-refractivity contribution in [3.63, 3.8) is 0 Å². The molecule has 1 rings (SSSR count). The van der Waals surface area contributed by atoms with Crippen LogP contribution in [0.5, 0.6) is 5.75 Å². The maximum absolute atomic E-state index is 11.8. The number of hydrogen-bond donors (Lipinski definition) is 1. The summed E-state index contributed by atoms with van der Waals surface area (Å²) in [6, 6.07) is 5.36. The van der Waals surface area contributed by atoms with Crippen molar-refractivity contribution in [2.45, 2.75) is 39.7 Å². The van der Waals surface area contributed by atoms with Gasteiger partial charge in [-0.15, -0.1) is 0 Å². The highest BCUT2D eigenvalue weighted by Crippen LogP contribution is 2.33. The summed E-state index contributed by atoms with van der Waals surface area (Å²) < 4.78 is 10.8. The number of phenols is 1. The minimum atomic E-state index is -0.860. The summed E-state index contributed by atoms with van der Waals surface area (Å²) in [6.07, 6.45) is 0.734. The van der Waals surface area contributed by atoms with Crippen molar-refractivity contribution < 1.29 is 19.4 Å². The molecule has 0 bridgehead atoms. The summed E-state index contributed by atoms with van der Waals surface area (Å²) >= 11 is 0. The van der Waals surface area contributed by atoms with Crippen LogP contribution in [0.3, 0.4) is 0 Å². The van der Waals surface area contributed by atoms with Gasteiger partial charge in [0.2, 0.25) is 0 Å². The minimum Gasteiger partial charge on any atom is -0.508 e. The van der Waals surface area contributed by atoms with Crippen molar-refractivity contribution in [2.75, 3.05) is 13.7 Å². The quantitative estimate of drug-likeness (QED) is 0.813. The molecule has 1 aromatic rings. The van der Waals surface area contributed by atoms with Gasteiger partial charge in [-0.2, -0.15) is 0 Å². The number of esters is 1. The van der Waals surface area contributed by atoms with Gasteiger partial charge in [0.1, 0.15) is 18.0 Å². The maximum Gasteiger partial charge on any atom is 0.308 e. The third-order valence-corrected chi connectivity index (χ3v) is 3.68. The largest absolute Gasteiger partial charge is 0.508 e. The van der Waals surface area contributed by atoms with Crippen molar-refractivity contribution >= 4 is 5.97 Å². The second-order valence-electron chi connectivity index (χ2n) is 5.37. The van der Waals surface area contributed by atoms with Gasteiger partial charge < -0.3 is 14.6 Å². The summed E-state index contributed by atoms with van der Waals surface area (Å²) in [5, 5.41) is 10.1. The molecule has 1 N–H and O–H groups in total. The van der Waals surface area contributed by atoms with E-state index in [2.05, 4.69) is 0 Å². The molecule has 0 aliphatic rings. The molecular formula is C16H24O4. The molecule has 4 nitrogen and oxygen atoms in total. The smallest absolute Gasteiger partial charge is 0.308 e. The molecule has 112 valence electrons. The van der Waals surface area contributed by atoms with Crippen LogP contribution in [0.4, 0.5) is 0 Å². The molecule has 0 heterocycles. The molecule has 0 saturated heterocycles. The van der Waals surface area contributed by atoms with Crippen LogP contribution in [-0.4, -0.2) is 24.8 Å². The van der Waals surface area contributed by atoms with Crippen LogP contribution in [0, 0.1) is 12.8 Å². The molecule has 0 radical (unpaired) electrons. The summed E-state index contributed by atoms with van der Waals surface area (Å²) in [6.45, 7) is 7.53. The number of aryl methyl sites for hydroxylation is 1. The number of aromatic hydroxyl groups is 1. The van der Waals surface area contributed by atoms with E-state index < -0.39 is 5.60 Å². The van der Waals surface area contributed by atoms with Crippen molar-refractivity contribution in [3.05, 3.63) is 29.3 Å². The van der Waals surface area contributed by atoms with Gasteiger partial charge in [0.25, 0.3) is 0 Å². The Bertz CT molecular complexity index is 470. The van der Waals surface area contributed by atoms with Gasteiger partial charge in [0.05, 0.1) is 5.92 Å². The first-order valence-corrected chi connectivity index (χ1v) is 6.86. The van der Waals surface area contributed by atoms with E-state index in [-0.39, 0.29) is 24.2 Å². The predicted molar refractivity (Wildman–Crippen MR) is 77.6 cm³/mol. The van der Waals surface area contributed by atoms with Gasteiger partial charge in [-0.25, -0.2) is 0 Å². The third kappa shape index (κ3) is 3.73. The van der Waals surface area contributed by atoms with E-state index in [1.807, 2.05) is 26.8 Å². The highest BCUT2D eigenvalue weighted by atomic mass is 16.6. The first-order valence-electron chi connectivity index (χ1n) is 6.86. The molecule has 0 saturated carbocycles. The summed E-state index contributed by atoms with van der Waals surface area (Å²) in [5.41, 5.74) is 0.713. The second-order valence-corrected chi connectivity index (χ2v) is 5.37. The average Bonchev–Trinajstić information content (AvgIpc) is 2.43. The molecular weight excluding hydrogens is 256 g/mol. The lowest BCUT2D eigenvalue weighted by Crippen LogP contribution is -2.33. The lowest BCUT2D eigenvalue weighted by atomic mass is 9.94. The second kappa shape index (κ2) is 6.75. The van der Waals surface area contributed by atoms with E-state index in [9.17, 15) is 9.90 Å². The Hall–Kier alpha value is -1.55. The maximum atomic E-state index is 11.8. The normalized spacial score (nSPS) is 15.4. The van der Waals surface area contributed by atoms with Crippen LogP contribution in [-0.2, 0) is 19.9 Å². The zero-order chi connectivity index (χ0) is 15.3. The monoisotopic (exact) mass is 280 g/mol. The SMILES string of the molecule is CC[C@@H](C)C(=O)OC[C@](C)(OC)c1ccc(C)cc1O. The topological polar surface area (TPSA) is 55.8 Å². The fourth-order valence-electron chi connectivity index (χ4n) is 1.85. The fourth-order valence-corrected chi connectivity index (χ4v) is 1.85. The number of methoxy groups -OCH3 is 1. The van der Waals surface area contributed by atoms with E-state index in [1.165, 1.54) is 7.11 Å². The lowest BCUT2D eigenvalue weighted by molar-refractivity contribution is -0.157. The molecule has 0 spiro atoms. The van der Waals surface area contributed by atoms with E-state index in [0.717, 1.165) is 12.0 Å². The highest BCUT2D eigenvalue weighted by molar-refractivity contribution is 5.72. The zero-order valence-electron chi connectivity index (χ0n) is 12.9. The van der Waals surface area contributed by atoms with Crippen molar-refractivity contribution in [1.29, 1.82) is 0 Å². The van der Waals surface area contributed by atoms with Gasteiger partial charge >= 0.3 is 5.97 Å². The first-order chi connectivity index (χ1) is 9.34. The molecule has 0 aliphatic heterocycles. The van der Waals surface area contributed by atoms with E-state index in [1.54, 1.807) is 19.1 Å². The van der Waals surface area contributed by atoms with E-state index in [0.29, 0.717) is 5.56 Å². The molecule has 0 unspecified atom stereocenters. The van der Waals surface area contributed by atoms with Crippen molar-refractivity contribution in [3.8, 4) is 5.75 Å². The molecule has 0 amide bonds. The van der Waals surface area contributed by atoms with Gasteiger partial charge in [-0.1, -0.05) is 26.0 Å². The highest BCUT2D eigenvalue weighted by Gasteiger charge is 2.31. The Balaban J connectivity index is 2.89. The Morgan fingerprint density at radius 2 is 2.10 bits per heavy atom. The number of rotatable bonds is 6. The number of phenolic OH excluding ortho intramolecular Hbond substituents is 1. The van der Waals surface area contributed by atoms with Crippen LogP contribution < -0.4 is 0 Å². The molecule has 0 fully saturated rings. The van der Waals surface area contributed by atoms with Gasteiger partial charge in [-0.3, -0.25) is 4.79 Å². The Kier molecular flexibility index (Phi) is 5.57. The molecule has 0 aliphatic carbocycles. The Labute approximate surface area is 120 Å². The summed E-state index contributed by atoms with van der Waals surface area (Å²) in [5.74, 6) is -0.237. The van der Waals surface area contributed by atoms with Crippen LogP contribution in [0.25, 0.3) is 0 Å². The molecule has 4 heteroatoms. The van der Waals surface area contributed by atoms with E-state index in [4.69, 9.17) is 9.47 Å². The zero-order valence-corrected chi connectivity index (χ0v) is 12.9. The lowest BCUT2D eigenvalue weighted by Gasteiger charge is -2.29. The summed E-state index contributed by atoms with van der Waals surface area (Å²) in [4.78, 5) is 11.8. The minimum absolute atomic E-state index is 0.0727. The number of benzene rings is 1. The van der Waals surface area contributed by atoms with Crippen molar-refractivity contribution in [2.24, 2.45) is 5.92 Å². The van der Waals surface area contributed by atoms with Crippen LogP contribution in [0.2, 0.25) is 0 Å². The Morgan fingerprint density at radius 1 is 1.45 bits per heavy atom. The van der Waals surface area contributed by atoms with Gasteiger partial charge in [-0.05, 0) is 31.9 Å². The number of carbonyl (C=O) groups is 1. The van der Waals surface area contributed by atoms with E-state index >= 15 is 0 Å². The third-order valence-electron chi connectivity index (χ3n) is 3.68. The van der Waals surface area contributed by atoms with Crippen LogP contribution in [0.15, 0.2) is 18.2 Å². The first kappa shape index (κ1) is 16.5. The summed E-state index contributed by atoms with van der Waals surface area (Å²) in [7, 11) is 1.54. The Morgan fingerprint density at radius 3 is 2.60 bits per heavy atom. The molecule has 20 heavy (non-hydrogen) atoms. The van der Waals surface area contributed by atoms with Crippen LogP contribution >= 0.6 is 0 Å². The molecule has 1 aromatic carbocycles. The number of ether oxygens (including phenoxy) is 2. The predicted octanol–water partition coefficient (Wildman–Crippen LogP) is 3.15. The number of carbonyl (C=O) groups excluding carboxylic acids is 1.